The van der Waals surface area contributed by atoms with Gasteiger partial charge in [-0.15, -0.1) is 0 Å². The van der Waals surface area contributed by atoms with Gasteiger partial charge in [0.05, 0.1) is 16.5 Å². The molecule has 2 aromatic heterocycles. The summed E-state index contributed by atoms with van der Waals surface area (Å²) in [7, 11) is 0. The lowest BCUT2D eigenvalue weighted by atomic mass is 9.96. The number of para-hydroxylation sites is 1. The van der Waals surface area contributed by atoms with Crippen LogP contribution in [-0.2, 0) is 6.54 Å². The topological polar surface area (TPSA) is 101 Å². The zero-order valence-electron chi connectivity index (χ0n) is 18.0. The Hall–Kier alpha value is -4.07. The molecule has 5 rings (SSSR count). The molecular formula is C25H23N5O3. The number of anilines is 1. The number of rotatable bonds is 5. The first-order valence-electron chi connectivity index (χ1n) is 11.0. The summed E-state index contributed by atoms with van der Waals surface area (Å²) in [6.07, 6.45) is 4.42. The molecule has 1 fully saturated rings. The summed E-state index contributed by atoms with van der Waals surface area (Å²) in [5.41, 5.74) is 1.68. The van der Waals surface area contributed by atoms with Crippen molar-refractivity contribution in [3.8, 4) is 11.4 Å². The van der Waals surface area contributed by atoms with E-state index in [0.717, 1.165) is 31.5 Å². The molecule has 0 atom stereocenters. The molecule has 0 bridgehead atoms. The molecule has 1 aliphatic rings. The Bertz CT molecular complexity index is 1340. The summed E-state index contributed by atoms with van der Waals surface area (Å²) >= 11 is 0. The van der Waals surface area contributed by atoms with Crippen molar-refractivity contribution in [2.45, 2.75) is 19.4 Å². The molecule has 1 N–H and O–H groups in total. The Kier molecular flexibility index (Phi) is 5.56. The molecule has 0 amide bonds. The van der Waals surface area contributed by atoms with Gasteiger partial charge in [0, 0.05) is 37.6 Å². The fourth-order valence-electron chi connectivity index (χ4n) is 4.31. The van der Waals surface area contributed by atoms with E-state index >= 15 is 0 Å². The van der Waals surface area contributed by atoms with Crippen molar-refractivity contribution in [1.29, 1.82) is 0 Å². The Morgan fingerprint density at radius 3 is 2.33 bits per heavy atom. The molecule has 3 heterocycles. The first kappa shape index (κ1) is 20.8. The van der Waals surface area contributed by atoms with Crippen molar-refractivity contribution >= 4 is 22.8 Å². The molecule has 8 heteroatoms. The molecular weight excluding hydrogens is 418 g/mol. The number of aromatic nitrogens is 4. The Morgan fingerprint density at radius 1 is 0.970 bits per heavy atom. The van der Waals surface area contributed by atoms with E-state index in [4.69, 9.17) is 10.1 Å². The SMILES string of the molecule is O=C(O)c1cnc(N2CCC(Cn3c(-c4ccccc4)nc4ccccc4c3=O)CC2)nc1. The number of aromatic carboxylic acids is 1. The number of fused-ring (bicyclic) bond motifs is 1. The number of carboxylic acids is 1. The van der Waals surface area contributed by atoms with Crippen LogP contribution in [-0.4, -0.2) is 43.7 Å². The Balaban J connectivity index is 1.39. The number of piperidine rings is 1. The van der Waals surface area contributed by atoms with Gasteiger partial charge in [-0.05, 0) is 30.9 Å². The minimum atomic E-state index is -1.04. The molecule has 0 radical (unpaired) electrons. The van der Waals surface area contributed by atoms with Crippen molar-refractivity contribution in [1.82, 2.24) is 19.5 Å². The molecule has 2 aromatic carbocycles. The summed E-state index contributed by atoms with van der Waals surface area (Å²) in [5.74, 6) is 0.494. The normalized spacial score (nSPS) is 14.5. The molecule has 4 aromatic rings. The van der Waals surface area contributed by atoms with Crippen molar-refractivity contribution in [3.05, 3.63) is 82.9 Å². The van der Waals surface area contributed by atoms with Crippen LogP contribution in [0.1, 0.15) is 23.2 Å². The van der Waals surface area contributed by atoms with Crippen LogP contribution < -0.4 is 10.5 Å². The maximum atomic E-state index is 13.4. The first-order chi connectivity index (χ1) is 16.1. The van der Waals surface area contributed by atoms with Crippen molar-refractivity contribution in [2.24, 2.45) is 5.92 Å². The minimum absolute atomic E-state index is 0.0190. The van der Waals surface area contributed by atoms with E-state index in [2.05, 4.69) is 14.9 Å². The zero-order valence-corrected chi connectivity index (χ0v) is 18.0. The number of nitrogens with zero attached hydrogens (tertiary/aromatic N) is 5. The van der Waals surface area contributed by atoms with Crippen LogP contribution in [0.4, 0.5) is 5.95 Å². The molecule has 1 saturated heterocycles. The van der Waals surface area contributed by atoms with Crippen LogP contribution in [0.25, 0.3) is 22.3 Å². The van der Waals surface area contributed by atoms with Gasteiger partial charge in [-0.1, -0.05) is 42.5 Å². The highest BCUT2D eigenvalue weighted by Crippen LogP contribution is 2.25. The third-order valence-electron chi connectivity index (χ3n) is 6.12. The number of hydrogen-bond donors (Lipinski definition) is 1. The van der Waals surface area contributed by atoms with Gasteiger partial charge in [-0.2, -0.15) is 0 Å². The van der Waals surface area contributed by atoms with Crippen molar-refractivity contribution in [3.63, 3.8) is 0 Å². The van der Waals surface area contributed by atoms with Gasteiger partial charge in [0.15, 0.2) is 0 Å². The van der Waals surface area contributed by atoms with Gasteiger partial charge in [-0.3, -0.25) is 9.36 Å². The largest absolute Gasteiger partial charge is 0.478 e. The maximum Gasteiger partial charge on any atom is 0.338 e. The summed E-state index contributed by atoms with van der Waals surface area (Å²) in [4.78, 5) is 39.7. The number of carbonyl (C=O) groups is 1. The average molecular weight is 441 g/mol. The zero-order chi connectivity index (χ0) is 22.8. The number of hydrogen-bond acceptors (Lipinski definition) is 6. The summed E-state index contributed by atoms with van der Waals surface area (Å²) < 4.78 is 1.82. The highest BCUT2D eigenvalue weighted by Gasteiger charge is 2.24. The summed E-state index contributed by atoms with van der Waals surface area (Å²) in [6.45, 7) is 2.08. The molecule has 0 aliphatic carbocycles. The van der Waals surface area contributed by atoms with E-state index in [1.165, 1.54) is 12.4 Å². The second-order valence-electron chi connectivity index (χ2n) is 8.24. The van der Waals surface area contributed by atoms with Crippen LogP contribution >= 0.6 is 0 Å². The highest BCUT2D eigenvalue weighted by atomic mass is 16.4. The highest BCUT2D eigenvalue weighted by molar-refractivity contribution is 5.86. The monoisotopic (exact) mass is 441 g/mol. The molecule has 0 spiro atoms. The lowest BCUT2D eigenvalue weighted by Crippen LogP contribution is -2.37. The Morgan fingerprint density at radius 2 is 1.64 bits per heavy atom. The molecule has 0 unspecified atom stereocenters. The lowest BCUT2D eigenvalue weighted by Gasteiger charge is -2.32. The van der Waals surface area contributed by atoms with E-state index in [-0.39, 0.29) is 11.1 Å². The van der Waals surface area contributed by atoms with Gasteiger partial charge in [0.2, 0.25) is 5.95 Å². The average Bonchev–Trinajstić information content (AvgIpc) is 2.87. The molecule has 0 saturated carbocycles. The van der Waals surface area contributed by atoms with Crippen LogP contribution in [0.2, 0.25) is 0 Å². The predicted molar refractivity (Wildman–Crippen MR) is 125 cm³/mol. The molecule has 166 valence electrons. The van der Waals surface area contributed by atoms with Gasteiger partial charge in [-0.25, -0.2) is 19.7 Å². The van der Waals surface area contributed by atoms with Crippen LogP contribution in [0.3, 0.4) is 0 Å². The summed E-state index contributed by atoms with van der Waals surface area (Å²) in [6, 6.07) is 17.3. The van der Waals surface area contributed by atoms with E-state index in [0.29, 0.717) is 35.1 Å². The van der Waals surface area contributed by atoms with Crippen LogP contribution in [0.5, 0.6) is 0 Å². The number of carboxylic acid groups (broad SMARTS) is 1. The predicted octanol–water partition coefficient (Wildman–Crippen LogP) is 3.47. The summed E-state index contributed by atoms with van der Waals surface area (Å²) in [5, 5.41) is 9.65. The first-order valence-corrected chi connectivity index (χ1v) is 11.0. The van der Waals surface area contributed by atoms with Crippen LogP contribution in [0.15, 0.2) is 71.8 Å². The van der Waals surface area contributed by atoms with E-state index in [9.17, 15) is 9.59 Å². The minimum Gasteiger partial charge on any atom is -0.478 e. The van der Waals surface area contributed by atoms with Gasteiger partial charge < -0.3 is 10.0 Å². The van der Waals surface area contributed by atoms with E-state index < -0.39 is 5.97 Å². The van der Waals surface area contributed by atoms with Gasteiger partial charge in [0.1, 0.15) is 5.82 Å². The quantitative estimate of drug-likeness (QED) is 0.506. The van der Waals surface area contributed by atoms with Crippen molar-refractivity contribution in [2.75, 3.05) is 18.0 Å². The smallest absolute Gasteiger partial charge is 0.338 e. The van der Waals surface area contributed by atoms with Crippen LogP contribution in [0, 0.1) is 5.92 Å². The Labute approximate surface area is 190 Å². The van der Waals surface area contributed by atoms with Gasteiger partial charge >= 0.3 is 5.97 Å². The molecule has 1 aliphatic heterocycles. The second-order valence-corrected chi connectivity index (χ2v) is 8.24. The lowest BCUT2D eigenvalue weighted by molar-refractivity contribution is 0.0696. The van der Waals surface area contributed by atoms with Gasteiger partial charge in [0.25, 0.3) is 5.56 Å². The number of benzene rings is 2. The third-order valence-corrected chi connectivity index (χ3v) is 6.12. The maximum absolute atomic E-state index is 13.4. The second kappa shape index (κ2) is 8.82. The van der Waals surface area contributed by atoms with Crippen molar-refractivity contribution < 1.29 is 9.90 Å². The molecule has 8 nitrogen and oxygen atoms in total. The van der Waals surface area contributed by atoms with E-state index in [1.54, 1.807) is 0 Å². The third kappa shape index (κ3) is 4.19. The molecule has 33 heavy (non-hydrogen) atoms. The fraction of sp³-hybridized carbons (Fsp3) is 0.240. The standard InChI is InChI=1S/C25H23N5O3/c31-23-20-8-4-5-9-21(20)28-22(18-6-2-1-3-7-18)30(23)16-17-10-12-29(13-11-17)25-26-14-19(15-27-25)24(32)33/h1-9,14-15,17H,10-13,16H2,(H,32,33). The fourth-order valence-corrected chi connectivity index (χ4v) is 4.31. The van der Waals surface area contributed by atoms with E-state index in [1.807, 2.05) is 59.2 Å².